The van der Waals surface area contributed by atoms with Gasteiger partial charge in [-0.05, 0) is 38.0 Å². The molecule has 1 fully saturated rings. The lowest BCUT2D eigenvalue weighted by Crippen LogP contribution is -2.34. The van der Waals surface area contributed by atoms with Crippen LogP contribution < -0.4 is 9.47 Å². The second kappa shape index (κ2) is 5.09. The van der Waals surface area contributed by atoms with Crippen LogP contribution in [0.1, 0.15) is 37.0 Å². The summed E-state index contributed by atoms with van der Waals surface area (Å²) in [5.74, 6) is 1.74. The minimum Gasteiger partial charge on any atom is -0.489 e. The maximum atomic E-state index is 12.6. The van der Waals surface area contributed by atoms with Crippen molar-refractivity contribution in [2.45, 2.75) is 32.3 Å². The summed E-state index contributed by atoms with van der Waals surface area (Å²) in [7, 11) is 0. The van der Waals surface area contributed by atoms with E-state index in [0.29, 0.717) is 42.8 Å². The third-order valence-electron chi connectivity index (χ3n) is 3.95. The van der Waals surface area contributed by atoms with Gasteiger partial charge in [-0.25, -0.2) is 0 Å². The van der Waals surface area contributed by atoms with Gasteiger partial charge in [0, 0.05) is 18.1 Å². The Morgan fingerprint density at radius 1 is 1.25 bits per heavy atom. The predicted molar refractivity (Wildman–Crippen MR) is 74.5 cm³/mol. The summed E-state index contributed by atoms with van der Waals surface area (Å²) in [5, 5.41) is 0. The number of Topliss-reactive ketones (excluding diaryl/α,β-unsaturated/α-hetero) is 1. The second-order valence-electron chi connectivity index (χ2n) is 5.90. The summed E-state index contributed by atoms with van der Waals surface area (Å²) in [6.45, 7) is 5.85. The molecule has 20 heavy (non-hydrogen) atoms. The Labute approximate surface area is 119 Å². The first kappa shape index (κ1) is 13.4. The summed E-state index contributed by atoms with van der Waals surface area (Å²) in [6.07, 6.45) is 1.71. The lowest BCUT2D eigenvalue weighted by atomic mass is 9.92. The summed E-state index contributed by atoms with van der Waals surface area (Å²) in [4.78, 5) is 12.6. The molecule has 2 unspecified atom stereocenters. The largest absolute Gasteiger partial charge is 0.489 e. The average Bonchev–Trinajstić information content (AvgIpc) is 2.81. The SMILES string of the molecule is CC1COc2ccc(C(=O)C3(C)CCCO3)cc2OC1. The molecule has 3 rings (SSSR count). The van der Waals surface area contributed by atoms with Gasteiger partial charge in [0.25, 0.3) is 0 Å². The van der Waals surface area contributed by atoms with Crippen LogP contribution in [0.4, 0.5) is 0 Å². The highest BCUT2D eigenvalue weighted by Crippen LogP contribution is 2.34. The normalized spacial score (nSPS) is 29.0. The van der Waals surface area contributed by atoms with Crippen LogP contribution in [-0.2, 0) is 4.74 Å². The van der Waals surface area contributed by atoms with Gasteiger partial charge in [-0.2, -0.15) is 0 Å². The van der Waals surface area contributed by atoms with Crippen LogP contribution in [0.3, 0.4) is 0 Å². The Bertz CT molecular complexity index is 517. The molecule has 0 amide bonds. The van der Waals surface area contributed by atoms with Crippen molar-refractivity contribution in [1.29, 1.82) is 0 Å². The molecule has 1 aromatic carbocycles. The van der Waals surface area contributed by atoms with Crippen LogP contribution in [0.5, 0.6) is 11.5 Å². The molecule has 2 aliphatic rings. The third kappa shape index (κ3) is 2.40. The number of benzene rings is 1. The molecule has 0 radical (unpaired) electrons. The summed E-state index contributed by atoms with van der Waals surface area (Å²) in [5.41, 5.74) is -0.0565. The molecule has 0 saturated carbocycles. The molecule has 108 valence electrons. The average molecular weight is 276 g/mol. The van der Waals surface area contributed by atoms with Gasteiger partial charge in [0.15, 0.2) is 17.3 Å². The van der Waals surface area contributed by atoms with E-state index in [0.717, 1.165) is 12.8 Å². The van der Waals surface area contributed by atoms with Crippen molar-refractivity contribution in [3.8, 4) is 11.5 Å². The van der Waals surface area contributed by atoms with Crippen molar-refractivity contribution in [3.05, 3.63) is 23.8 Å². The Balaban J connectivity index is 1.87. The van der Waals surface area contributed by atoms with Gasteiger partial charge in [0.1, 0.15) is 5.60 Å². The Kier molecular flexibility index (Phi) is 3.42. The number of ketones is 1. The summed E-state index contributed by atoms with van der Waals surface area (Å²) < 4.78 is 17.0. The molecule has 0 N–H and O–H groups in total. The van der Waals surface area contributed by atoms with E-state index in [1.165, 1.54) is 0 Å². The van der Waals surface area contributed by atoms with Crippen molar-refractivity contribution >= 4 is 5.78 Å². The maximum Gasteiger partial charge on any atom is 0.194 e. The topological polar surface area (TPSA) is 44.8 Å². The molecule has 0 aliphatic carbocycles. The van der Waals surface area contributed by atoms with Crippen molar-refractivity contribution in [2.75, 3.05) is 19.8 Å². The molecule has 0 aromatic heterocycles. The van der Waals surface area contributed by atoms with Crippen LogP contribution in [-0.4, -0.2) is 31.2 Å². The van der Waals surface area contributed by atoms with E-state index in [4.69, 9.17) is 14.2 Å². The fourth-order valence-electron chi connectivity index (χ4n) is 2.66. The summed E-state index contributed by atoms with van der Waals surface area (Å²) in [6, 6.07) is 5.40. The smallest absolute Gasteiger partial charge is 0.194 e. The van der Waals surface area contributed by atoms with E-state index in [1.54, 1.807) is 12.1 Å². The van der Waals surface area contributed by atoms with Crippen molar-refractivity contribution in [1.82, 2.24) is 0 Å². The number of hydrogen-bond acceptors (Lipinski definition) is 4. The van der Waals surface area contributed by atoms with Gasteiger partial charge in [0.05, 0.1) is 13.2 Å². The molecule has 0 bridgehead atoms. The van der Waals surface area contributed by atoms with E-state index in [9.17, 15) is 4.79 Å². The first-order valence-corrected chi connectivity index (χ1v) is 7.17. The highest BCUT2D eigenvalue weighted by molar-refractivity contribution is 6.02. The highest BCUT2D eigenvalue weighted by atomic mass is 16.5. The van der Waals surface area contributed by atoms with Crippen LogP contribution in [0.15, 0.2) is 18.2 Å². The highest BCUT2D eigenvalue weighted by Gasteiger charge is 2.38. The standard InChI is InChI=1S/C16H20O4/c1-11-9-18-13-5-4-12(8-14(13)19-10-11)15(17)16(2)6-3-7-20-16/h4-5,8,11H,3,6-7,9-10H2,1-2H3. The molecule has 1 aromatic rings. The van der Waals surface area contributed by atoms with Gasteiger partial charge in [-0.15, -0.1) is 0 Å². The van der Waals surface area contributed by atoms with Gasteiger partial charge in [-0.1, -0.05) is 6.92 Å². The van der Waals surface area contributed by atoms with Crippen LogP contribution in [0.25, 0.3) is 0 Å². The molecule has 4 nitrogen and oxygen atoms in total. The first-order chi connectivity index (χ1) is 9.58. The fraction of sp³-hybridized carbons (Fsp3) is 0.562. The van der Waals surface area contributed by atoms with Gasteiger partial charge in [0.2, 0.25) is 0 Å². The lowest BCUT2D eigenvalue weighted by molar-refractivity contribution is 0.0213. The Morgan fingerprint density at radius 3 is 2.70 bits per heavy atom. The fourth-order valence-corrected chi connectivity index (χ4v) is 2.66. The van der Waals surface area contributed by atoms with Gasteiger partial charge in [-0.3, -0.25) is 4.79 Å². The molecule has 2 atom stereocenters. The minimum absolute atomic E-state index is 0.0266. The van der Waals surface area contributed by atoms with Crippen molar-refractivity contribution < 1.29 is 19.0 Å². The van der Waals surface area contributed by atoms with Crippen LogP contribution in [0.2, 0.25) is 0 Å². The number of fused-ring (bicyclic) bond motifs is 1. The van der Waals surface area contributed by atoms with Crippen LogP contribution >= 0.6 is 0 Å². The summed E-state index contributed by atoms with van der Waals surface area (Å²) >= 11 is 0. The van der Waals surface area contributed by atoms with Crippen molar-refractivity contribution in [2.24, 2.45) is 5.92 Å². The molecular formula is C16H20O4. The zero-order valence-corrected chi connectivity index (χ0v) is 12.0. The molecule has 1 saturated heterocycles. The molecular weight excluding hydrogens is 256 g/mol. The second-order valence-corrected chi connectivity index (χ2v) is 5.90. The third-order valence-corrected chi connectivity index (χ3v) is 3.95. The number of hydrogen-bond donors (Lipinski definition) is 0. The monoisotopic (exact) mass is 276 g/mol. The predicted octanol–water partition coefficient (Wildman–Crippen LogP) is 2.85. The van der Waals surface area contributed by atoms with E-state index in [-0.39, 0.29) is 5.78 Å². The number of carbonyl (C=O) groups is 1. The lowest BCUT2D eigenvalue weighted by Gasteiger charge is -2.21. The molecule has 4 heteroatoms. The minimum atomic E-state index is -0.687. The Morgan fingerprint density at radius 2 is 2.00 bits per heavy atom. The molecule has 2 aliphatic heterocycles. The molecule has 0 spiro atoms. The van der Waals surface area contributed by atoms with Crippen LogP contribution in [0, 0.1) is 5.92 Å². The van der Waals surface area contributed by atoms with E-state index in [2.05, 4.69) is 6.92 Å². The number of carbonyl (C=O) groups excluding carboxylic acids is 1. The van der Waals surface area contributed by atoms with Gasteiger partial charge >= 0.3 is 0 Å². The first-order valence-electron chi connectivity index (χ1n) is 7.17. The van der Waals surface area contributed by atoms with E-state index < -0.39 is 5.60 Å². The number of ether oxygens (including phenoxy) is 3. The quantitative estimate of drug-likeness (QED) is 0.779. The zero-order chi connectivity index (χ0) is 14.2. The number of rotatable bonds is 2. The maximum absolute atomic E-state index is 12.6. The molecule has 2 heterocycles. The Hall–Kier alpha value is -1.55. The van der Waals surface area contributed by atoms with Crippen molar-refractivity contribution in [3.63, 3.8) is 0 Å². The van der Waals surface area contributed by atoms with Gasteiger partial charge < -0.3 is 14.2 Å². The van der Waals surface area contributed by atoms with E-state index >= 15 is 0 Å². The van der Waals surface area contributed by atoms with E-state index in [1.807, 2.05) is 13.0 Å². The zero-order valence-electron chi connectivity index (χ0n) is 12.0.